The first-order chi connectivity index (χ1) is 14.8. The lowest BCUT2D eigenvalue weighted by Crippen LogP contribution is -2.13. The molecule has 0 unspecified atom stereocenters. The van der Waals surface area contributed by atoms with Crippen LogP contribution in [-0.2, 0) is 4.79 Å². The minimum Gasteiger partial charge on any atom is -0.307 e. The van der Waals surface area contributed by atoms with Gasteiger partial charge in [0, 0.05) is 22.6 Å². The number of amides is 1. The van der Waals surface area contributed by atoms with E-state index < -0.39 is 0 Å². The number of hydrogen-bond donors (Lipinski definition) is 1. The molecule has 0 aliphatic rings. The van der Waals surface area contributed by atoms with E-state index in [1.807, 2.05) is 37.3 Å². The zero-order valence-corrected chi connectivity index (χ0v) is 18.7. The van der Waals surface area contributed by atoms with Gasteiger partial charge in [0.2, 0.25) is 5.91 Å². The minimum absolute atomic E-state index is 0.273. The third-order valence-electron chi connectivity index (χ3n) is 5.06. The van der Waals surface area contributed by atoms with E-state index in [2.05, 4.69) is 43.3 Å². The molecular weight excluding hydrogens is 408 g/mol. The molecule has 2 heterocycles. The maximum Gasteiger partial charge on any atom is 0.249 e. The Morgan fingerprint density at radius 1 is 1.03 bits per heavy atom. The van der Waals surface area contributed by atoms with Crippen LogP contribution in [0, 0.1) is 27.7 Å². The number of benzene rings is 2. The number of carbonyl (C=O) groups is 1. The van der Waals surface area contributed by atoms with Crippen LogP contribution in [0.3, 0.4) is 0 Å². The van der Waals surface area contributed by atoms with E-state index in [0.29, 0.717) is 16.7 Å². The lowest BCUT2D eigenvalue weighted by molar-refractivity contribution is -0.111. The van der Waals surface area contributed by atoms with Gasteiger partial charge < -0.3 is 5.32 Å². The van der Waals surface area contributed by atoms with Crippen molar-refractivity contribution in [3.63, 3.8) is 0 Å². The summed E-state index contributed by atoms with van der Waals surface area (Å²) in [7, 11) is 0. The Labute approximate surface area is 186 Å². The Kier molecular flexibility index (Phi) is 5.61. The van der Waals surface area contributed by atoms with Gasteiger partial charge in [0.15, 0.2) is 5.82 Å². The topological polar surface area (TPSA) is 59.8 Å². The number of rotatable bonds is 4. The van der Waals surface area contributed by atoms with E-state index >= 15 is 0 Å². The lowest BCUT2D eigenvalue weighted by atomic mass is 10.0. The van der Waals surface area contributed by atoms with Gasteiger partial charge in [0.1, 0.15) is 5.82 Å². The van der Waals surface area contributed by atoms with Gasteiger partial charge in [-0.05, 0) is 68.7 Å². The van der Waals surface area contributed by atoms with Crippen LogP contribution < -0.4 is 5.32 Å². The fourth-order valence-corrected chi connectivity index (χ4v) is 3.84. The number of aryl methyl sites for hydroxylation is 4. The summed E-state index contributed by atoms with van der Waals surface area (Å²) in [6.07, 6.45) is 3.15. The second-order valence-corrected chi connectivity index (χ2v) is 8.11. The quantitative estimate of drug-likeness (QED) is 0.406. The van der Waals surface area contributed by atoms with Crippen LogP contribution >= 0.6 is 11.6 Å². The zero-order valence-electron chi connectivity index (χ0n) is 17.9. The zero-order chi connectivity index (χ0) is 22.1. The number of nitrogens with zero attached hydrogens (tertiary/aromatic N) is 3. The van der Waals surface area contributed by atoms with Crippen LogP contribution in [-0.4, -0.2) is 20.7 Å². The number of hydrogen-bond acceptors (Lipinski definition) is 3. The van der Waals surface area contributed by atoms with Crippen molar-refractivity contribution in [1.29, 1.82) is 0 Å². The first-order valence-electron chi connectivity index (χ1n) is 10.0. The summed E-state index contributed by atoms with van der Waals surface area (Å²) in [6, 6.07) is 15.4. The molecule has 0 aliphatic carbocycles. The summed E-state index contributed by atoms with van der Waals surface area (Å²) in [5.74, 6) is 0.947. The van der Waals surface area contributed by atoms with Gasteiger partial charge in [-0.3, -0.25) is 4.79 Å². The highest BCUT2D eigenvalue weighted by atomic mass is 35.5. The van der Waals surface area contributed by atoms with Gasteiger partial charge in [-0.1, -0.05) is 41.4 Å². The lowest BCUT2D eigenvalue weighted by Gasteiger charge is -2.12. The monoisotopic (exact) mass is 430 g/mol. The van der Waals surface area contributed by atoms with E-state index in [1.54, 1.807) is 16.8 Å². The molecule has 0 saturated heterocycles. The second-order valence-electron chi connectivity index (χ2n) is 7.70. The Morgan fingerprint density at radius 3 is 2.58 bits per heavy atom. The average molecular weight is 431 g/mol. The molecule has 1 amide bonds. The number of fused-ring (bicyclic) bond motifs is 1. The van der Waals surface area contributed by atoms with Crippen molar-refractivity contribution in [1.82, 2.24) is 14.8 Å². The Balaban J connectivity index is 1.68. The summed E-state index contributed by atoms with van der Waals surface area (Å²) >= 11 is 6.16. The maximum atomic E-state index is 12.6. The molecule has 156 valence electrons. The predicted octanol–water partition coefficient (Wildman–Crippen LogP) is 5.96. The van der Waals surface area contributed by atoms with Crippen LogP contribution in [0.15, 0.2) is 54.6 Å². The summed E-state index contributed by atoms with van der Waals surface area (Å²) in [5.41, 5.74) is 5.92. The molecule has 0 bridgehead atoms. The molecule has 2 aromatic carbocycles. The van der Waals surface area contributed by atoms with Crippen molar-refractivity contribution >= 4 is 40.3 Å². The molecule has 1 N–H and O–H groups in total. The molecule has 4 aromatic rings. The fraction of sp³-hybridized carbons (Fsp3) is 0.160. The first kappa shape index (κ1) is 20.8. The summed E-state index contributed by atoms with van der Waals surface area (Å²) in [4.78, 5) is 17.4. The molecule has 31 heavy (non-hydrogen) atoms. The number of halogens is 1. The number of anilines is 1. The highest BCUT2D eigenvalue weighted by molar-refractivity contribution is 6.32. The molecule has 0 atom stereocenters. The highest BCUT2D eigenvalue weighted by Gasteiger charge is 2.14. The number of nitrogens with one attached hydrogen (secondary N) is 1. The van der Waals surface area contributed by atoms with Gasteiger partial charge in [0.25, 0.3) is 0 Å². The first-order valence-corrected chi connectivity index (χ1v) is 10.4. The molecule has 0 saturated carbocycles. The van der Waals surface area contributed by atoms with E-state index in [4.69, 9.17) is 16.6 Å². The van der Waals surface area contributed by atoms with Crippen LogP contribution in [0.2, 0.25) is 5.02 Å². The smallest absolute Gasteiger partial charge is 0.249 e. The molecule has 0 spiro atoms. The van der Waals surface area contributed by atoms with E-state index in [9.17, 15) is 4.79 Å². The Hall–Kier alpha value is -3.44. The Bertz CT molecular complexity index is 1340. The van der Waals surface area contributed by atoms with Gasteiger partial charge in [0.05, 0.1) is 11.2 Å². The number of aromatic nitrogens is 3. The molecule has 0 aliphatic heterocycles. The SMILES string of the molecule is Cc1cc(C)c2nc(-n3nc(C)cc3NC(=O)/C=C/c3ccccc3Cl)cc(C)c2c1. The number of pyridine rings is 1. The standard InChI is InChI=1S/C25H23ClN4O/c1-15-11-17(3)25-20(12-15)16(2)13-22(28-25)30-23(14-18(4)29-30)27-24(31)10-9-19-7-5-6-8-21(19)26/h5-14H,1-4H3,(H,27,31)/b10-9+. The van der Waals surface area contributed by atoms with Crippen molar-refractivity contribution < 1.29 is 4.79 Å². The third-order valence-corrected chi connectivity index (χ3v) is 5.41. The summed E-state index contributed by atoms with van der Waals surface area (Å²) in [5, 5.41) is 9.17. The fourth-order valence-electron chi connectivity index (χ4n) is 3.64. The maximum absolute atomic E-state index is 12.6. The third kappa shape index (κ3) is 4.37. The van der Waals surface area contributed by atoms with Crippen molar-refractivity contribution in [2.24, 2.45) is 0 Å². The van der Waals surface area contributed by atoms with Crippen LogP contribution in [0.25, 0.3) is 22.8 Å². The van der Waals surface area contributed by atoms with E-state index in [0.717, 1.165) is 33.3 Å². The molecule has 6 heteroatoms. The minimum atomic E-state index is -0.273. The molecular formula is C25H23ClN4O. The number of carbonyl (C=O) groups excluding carboxylic acids is 1. The van der Waals surface area contributed by atoms with Gasteiger partial charge in [-0.15, -0.1) is 0 Å². The van der Waals surface area contributed by atoms with Crippen LogP contribution in [0.4, 0.5) is 5.82 Å². The van der Waals surface area contributed by atoms with Gasteiger partial charge in [-0.25, -0.2) is 4.98 Å². The van der Waals surface area contributed by atoms with Crippen LogP contribution in [0.5, 0.6) is 0 Å². The van der Waals surface area contributed by atoms with Gasteiger partial charge in [-0.2, -0.15) is 9.78 Å². The Morgan fingerprint density at radius 2 is 1.81 bits per heavy atom. The average Bonchev–Trinajstić information content (AvgIpc) is 3.08. The van der Waals surface area contributed by atoms with Crippen molar-refractivity contribution in [3.8, 4) is 5.82 Å². The predicted molar refractivity (Wildman–Crippen MR) is 127 cm³/mol. The largest absolute Gasteiger partial charge is 0.307 e. The van der Waals surface area contributed by atoms with Gasteiger partial charge >= 0.3 is 0 Å². The van der Waals surface area contributed by atoms with E-state index in [1.165, 1.54) is 11.6 Å². The molecule has 0 fully saturated rings. The summed E-state index contributed by atoms with van der Waals surface area (Å²) < 4.78 is 1.67. The second kappa shape index (κ2) is 8.36. The highest BCUT2D eigenvalue weighted by Crippen LogP contribution is 2.26. The van der Waals surface area contributed by atoms with Crippen molar-refractivity contribution in [3.05, 3.63) is 87.6 Å². The summed E-state index contributed by atoms with van der Waals surface area (Å²) in [6.45, 7) is 8.09. The van der Waals surface area contributed by atoms with E-state index in [-0.39, 0.29) is 5.91 Å². The molecule has 0 radical (unpaired) electrons. The van der Waals surface area contributed by atoms with Crippen LogP contribution in [0.1, 0.15) is 27.9 Å². The van der Waals surface area contributed by atoms with Crippen molar-refractivity contribution in [2.75, 3.05) is 5.32 Å². The van der Waals surface area contributed by atoms with Crippen molar-refractivity contribution in [2.45, 2.75) is 27.7 Å². The molecule has 5 nitrogen and oxygen atoms in total. The molecule has 2 aromatic heterocycles. The normalized spacial score (nSPS) is 11.4. The molecule has 4 rings (SSSR count).